The van der Waals surface area contributed by atoms with Crippen molar-refractivity contribution in [3.8, 4) is 0 Å². The minimum atomic E-state index is -4.15. The van der Waals surface area contributed by atoms with Gasteiger partial charge in [0, 0.05) is 19.7 Å². The molecule has 118 valence electrons. The molecule has 21 heavy (non-hydrogen) atoms. The van der Waals surface area contributed by atoms with Gasteiger partial charge in [0.2, 0.25) is 0 Å². The van der Waals surface area contributed by atoms with E-state index < -0.39 is 38.5 Å². The van der Waals surface area contributed by atoms with Crippen LogP contribution in [0.1, 0.15) is 6.42 Å². The number of anilines is 1. The molecule has 1 aromatic rings. The molecule has 0 unspecified atom stereocenters. The summed E-state index contributed by atoms with van der Waals surface area (Å²) in [5.74, 6) is -2.67. The molecular formula is C11H13ClF2N2O4S. The first-order valence-electron chi connectivity index (χ1n) is 5.63. The summed E-state index contributed by atoms with van der Waals surface area (Å²) < 4.78 is 57.3. The van der Waals surface area contributed by atoms with E-state index in [0.29, 0.717) is 6.07 Å². The Labute approximate surface area is 125 Å². The lowest BCUT2D eigenvalue weighted by atomic mass is 10.3. The summed E-state index contributed by atoms with van der Waals surface area (Å²) in [6.45, 7) is -0.178. The van der Waals surface area contributed by atoms with Crippen LogP contribution in [0.4, 0.5) is 14.5 Å². The Morgan fingerprint density at radius 3 is 2.57 bits per heavy atom. The van der Waals surface area contributed by atoms with E-state index in [1.165, 1.54) is 14.2 Å². The van der Waals surface area contributed by atoms with E-state index in [-0.39, 0.29) is 13.0 Å². The van der Waals surface area contributed by atoms with E-state index in [1.54, 1.807) is 0 Å². The van der Waals surface area contributed by atoms with E-state index in [2.05, 4.69) is 4.74 Å². The quantitative estimate of drug-likeness (QED) is 0.799. The predicted octanol–water partition coefficient (Wildman–Crippen LogP) is 1.77. The van der Waals surface area contributed by atoms with Gasteiger partial charge < -0.3 is 4.74 Å². The summed E-state index contributed by atoms with van der Waals surface area (Å²) in [7, 11) is -1.80. The van der Waals surface area contributed by atoms with Gasteiger partial charge >= 0.3 is 16.2 Å². The third-order valence-corrected chi connectivity index (χ3v) is 4.27. The molecule has 0 atom stereocenters. The third kappa shape index (κ3) is 4.80. The number of hydrogen-bond donors (Lipinski definition) is 1. The number of halogens is 3. The molecule has 0 aliphatic carbocycles. The highest BCUT2D eigenvalue weighted by molar-refractivity contribution is 7.90. The van der Waals surface area contributed by atoms with Gasteiger partial charge in [-0.2, -0.15) is 12.7 Å². The van der Waals surface area contributed by atoms with Gasteiger partial charge in [-0.05, 0) is 6.07 Å². The Morgan fingerprint density at radius 2 is 2.05 bits per heavy atom. The molecule has 6 nitrogen and oxygen atoms in total. The van der Waals surface area contributed by atoms with Crippen LogP contribution in [0, 0.1) is 11.6 Å². The second-order valence-electron chi connectivity index (χ2n) is 4.00. The van der Waals surface area contributed by atoms with Crippen molar-refractivity contribution in [3.63, 3.8) is 0 Å². The van der Waals surface area contributed by atoms with Gasteiger partial charge in [0.25, 0.3) is 0 Å². The summed E-state index contributed by atoms with van der Waals surface area (Å²) in [6.07, 6.45) is -0.173. The van der Waals surface area contributed by atoms with Crippen LogP contribution < -0.4 is 4.72 Å². The largest absolute Gasteiger partial charge is 0.469 e. The minimum absolute atomic E-state index is 0.173. The standard InChI is InChI=1S/C11H13ClF2N2O4S/c1-16(4-3-10(17)20-2)21(18,19)15-11-8(12)5-7(13)6-9(11)14/h5-6,15H,3-4H2,1-2H3. The highest BCUT2D eigenvalue weighted by Gasteiger charge is 2.22. The number of hydrogen-bond acceptors (Lipinski definition) is 4. The highest BCUT2D eigenvalue weighted by Crippen LogP contribution is 2.27. The molecule has 0 amide bonds. The van der Waals surface area contributed by atoms with Crippen LogP contribution in [-0.2, 0) is 19.7 Å². The summed E-state index contributed by atoms with van der Waals surface area (Å²) in [4.78, 5) is 11.0. The monoisotopic (exact) mass is 342 g/mol. The van der Waals surface area contributed by atoms with Crippen molar-refractivity contribution in [2.24, 2.45) is 0 Å². The van der Waals surface area contributed by atoms with Crippen LogP contribution in [0.15, 0.2) is 12.1 Å². The molecule has 0 fully saturated rings. The molecule has 10 heteroatoms. The molecule has 0 spiro atoms. The Kier molecular flexibility index (Phi) is 5.87. The van der Waals surface area contributed by atoms with E-state index in [1.807, 2.05) is 4.72 Å². The van der Waals surface area contributed by atoms with Crippen molar-refractivity contribution in [2.45, 2.75) is 6.42 Å². The van der Waals surface area contributed by atoms with Crippen LogP contribution in [0.3, 0.4) is 0 Å². The number of methoxy groups -OCH3 is 1. The van der Waals surface area contributed by atoms with Crippen LogP contribution in [0.2, 0.25) is 5.02 Å². The zero-order chi connectivity index (χ0) is 16.2. The first kappa shape index (κ1) is 17.6. The maximum Gasteiger partial charge on any atom is 0.306 e. The predicted molar refractivity (Wildman–Crippen MR) is 73.2 cm³/mol. The first-order chi connectivity index (χ1) is 9.67. The first-order valence-corrected chi connectivity index (χ1v) is 7.44. The summed E-state index contributed by atoms with van der Waals surface area (Å²) >= 11 is 5.60. The van der Waals surface area contributed by atoms with Gasteiger partial charge in [-0.25, -0.2) is 8.78 Å². The normalized spacial score (nSPS) is 11.5. The van der Waals surface area contributed by atoms with Crippen LogP contribution >= 0.6 is 11.6 Å². The molecule has 0 saturated carbocycles. The van der Waals surface area contributed by atoms with Gasteiger partial charge in [0.05, 0.1) is 18.6 Å². The Bertz CT molecular complexity index is 616. The molecule has 0 heterocycles. The number of ether oxygens (including phenoxy) is 1. The maximum atomic E-state index is 13.5. The van der Waals surface area contributed by atoms with E-state index in [4.69, 9.17) is 11.6 Å². The van der Waals surface area contributed by atoms with E-state index in [9.17, 15) is 22.0 Å². The van der Waals surface area contributed by atoms with Crippen molar-refractivity contribution >= 4 is 33.5 Å². The average Bonchev–Trinajstić information content (AvgIpc) is 2.39. The molecule has 0 aromatic heterocycles. The highest BCUT2D eigenvalue weighted by atomic mass is 35.5. The third-order valence-electron chi connectivity index (χ3n) is 2.51. The molecular weight excluding hydrogens is 330 g/mol. The number of rotatable bonds is 6. The number of nitrogens with zero attached hydrogens (tertiary/aromatic N) is 1. The Balaban J connectivity index is 2.88. The number of carbonyl (C=O) groups is 1. The van der Waals surface area contributed by atoms with Crippen molar-refractivity contribution in [1.82, 2.24) is 4.31 Å². The zero-order valence-electron chi connectivity index (χ0n) is 11.2. The Hall–Kier alpha value is -1.45. The molecule has 1 aromatic carbocycles. The molecule has 0 saturated heterocycles. The van der Waals surface area contributed by atoms with Gasteiger partial charge in [-0.3, -0.25) is 9.52 Å². The van der Waals surface area contributed by atoms with Crippen LogP contribution in [0.5, 0.6) is 0 Å². The second-order valence-corrected chi connectivity index (χ2v) is 6.18. The van der Waals surface area contributed by atoms with E-state index >= 15 is 0 Å². The lowest BCUT2D eigenvalue weighted by Gasteiger charge is -2.18. The smallest absolute Gasteiger partial charge is 0.306 e. The van der Waals surface area contributed by atoms with Crippen molar-refractivity contribution in [3.05, 3.63) is 28.8 Å². The van der Waals surface area contributed by atoms with Crippen molar-refractivity contribution in [1.29, 1.82) is 0 Å². The number of carbonyl (C=O) groups excluding carboxylic acids is 1. The number of benzene rings is 1. The van der Waals surface area contributed by atoms with Crippen molar-refractivity contribution in [2.75, 3.05) is 25.4 Å². The molecule has 0 aliphatic rings. The Morgan fingerprint density at radius 1 is 1.43 bits per heavy atom. The SMILES string of the molecule is COC(=O)CCN(C)S(=O)(=O)Nc1c(F)cc(F)cc1Cl. The van der Waals surface area contributed by atoms with Gasteiger partial charge in [-0.15, -0.1) is 0 Å². The fourth-order valence-electron chi connectivity index (χ4n) is 1.32. The molecule has 0 bridgehead atoms. The fourth-order valence-corrected chi connectivity index (χ4v) is 2.57. The second kappa shape index (κ2) is 7.01. The summed E-state index contributed by atoms with van der Waals surface area (Å²) in [5.41, 5.74) is -0.567. The van der Waals surface area contributed by atoms with Gasteiger partial charge in [-0.1, -0.05) is 11.6 Å². The maximum absolute atomic E-state index is 13.5. The van der Waals surface area contributed by atoms with Gasteiger partial charge in [0.15, 0.2) is 5.82 Å². The average molecular weight is 343 g/mol. The fraction of sp³-hybridized carbons (Fsp3) is 0.364. The molecule has 1 rings (SSSR count). The van der Waals surface area contributed by atoms with E-state index in [0.717, 1.165) is 10.4 Å². The van der Waals surface area contributed by atoms with Crippen molar-refractivity contribution < 1.29 is 26.7 Å². The minimum Gasteiger partial charge on any atom is -0.469 e. The number of nitrogens with one attached hydrogen (secondary N) is 1. The summed E-state index contributed by atoms with van der Waals surface area (Å²) in [5, 5.41) is -0.419. The summed E-state index contributed by atoms with van der Waals surface area (Å²) in [6, 6.07) is 1.27. The van der Waals surface area contributed by atoms with Crippen LogP contribution in [-0.4, -0.2) is 39.4 Å². The number of esters is 1. The topological polar surface area (TPSA) is 75.7 Å². The molecule has 0 aliphatic heterocycles. The lowest BCUT2D eigenvalue weighted by molar-refractivity contribution is -0.140. The molecule has 0 radical (unpaired) electrons. The zero-order valence-corrected chi connectivity index (χ0v) is 12.8. The van der Waals surface area contributed by atoms with Crippen LogP contribution in [0.25, 0.3) is 0 Å². The lowest BCUT2D eigenvalue weighted by Crippen LogP contribution is -2.34. The van der Waals surface area contributed by atoms with Gasteiger partial charge in [0.1, 0.15) is 11.5 Å². The molecule has 1 N–H and O–H groups in total.